The molecular weight excluding hydrogens is 510 g/mol. The van der Waals surface area contributed by atoms with Crippen molar-refractivity contribution < 1.29 is 9.84 Å². The van der Waals surface area contributed by atoms with E-state index in [1.165, 1.54) is 10.8 Å². The fourth-order valence-corrected chi connectivity index (χ4v) is 4.74. The molecule has 4 N–H and O–H groups in total. The van der Waals surface area contributed by atoms with E-state index in [4.69, 9.17) is 9.84 Å². The van der Waals surface area contributed by atoms with Crippen LogP contribution in [0.5, 0.6) is 5.75 Å². The minimum Gasteiger partial charge on any atom is -0.489 e. The van der Waals surface area contributed by atoms with Gasteiger partial charge in [0.15, 0.2) is 5.75 Å². The van der Waals surface area contributed by atoms with E-state index in [2.05, 4.69) is 77.5 Å². The Labute approximate surface area is 190 Å². The minimum atomic E-state index is 0.149. The Balaban J connectivity index is 1.68. The lowest BCUT2D eigenvalue weighted by Gasteiger charge is -2.10. The molecule has 0 fully saturated rings. The first-order valence-corrected chi connectivity index (χ1v) is 11.5. The summed E-state index contributed by atoms with van der Waals surface area (Å²) in [6.07, 6.45) is 0.857. The van der Waals surface area contributed by atoms with Crippen LogP contribution in [0, 0.1) is 0 Å². The molecular formula is C23H21Br2N3O2. The summed E-state index contributed by atoms with van der Waals surface area (Å²) in [6, 6.07) is 14.8. The lowest BCUT2D eigenvalue weighted by atomic mass is 10.1. The zero-order chi connectivity index (χ0) is 20.7. The van der Waals surface area contributed by atoms with Crippen molar-refractivity contribution >= 4 is 75.5 Å². The van der Waals surface area contributed by atoms with E-state index >= 15 is 0 Å². The standard InChI is InChI=1S/C23H21Br2N3O2/c24-13-2-4-19-15(10-13)17-12-18-16-11-14(25)3-5-20(16)28-22(18)23(21(17)27-19)30-9-1-6-26-7-8-29/h2-5,10-12,26-29H,1,6-9H2. The molecule has 5 nitrogen and oxygen atoms in total. The highest BCUT2D eigenvalue weighted by atomic mass is 79.9. The van der Waals surface area contributed by atoms with Crippen LogP contribution < -0.4 is 10.1 Å². The molecule has 0 amide bonds. The van der Waals surface area contributed by atoms with Crippen LogP contribution in [0.4, 0.5) is 0 Å². The van der Waals surface area contributed by atoms with Gasteiger partial charge in [-0.1, -0.05) is 31.9 Å². The van der Waals surface area contributed by atoms with E-state index in [-0.39, 0.29) is 6.61 Å². The number of H-pyrrole nitrogens is 2. The highest BCUT2D eigenvalue weighted by molar-refractivity contribution is 9.10. The van der Waals surface area contributed by atoms with Crippen molar-refractivity contribution in [1.29, 1.82) is 0 Å². The van der Waals surface area contributed by atoms with E-state index < -0.39 is 0 Å². The Morgan fingerprint density at radius 1 is 0.800 bits per heavy atom. The molecule has 0 bridgehead atoms. The molecule has 0 aliphatic carbocycles. The molecule has 0 aliphatic heterocycles. The van der Waals surface area contributed by atoms with Crippen LogP contribution in [0.15, 0.2) is 51.4 Å². The van der Waals surface area contributed by atoms with Crippen molar-refractivity contribution in [2.24, 2.45) is 0 Å². The molecule has 0 unspecified atom stereocenters. The fraction of sp³-hybridized carbons (Fsp3) is 0.217. The maximum Gasteiger partial charge on any atom is 0.167 e. The number of fused-ring (bicyclic) bond motifs is 6. The second kappa shape index (κ2) is 8.23. The SMILES string of the molecule is OCCNCCCOc1c2[nH]c3ccc(Br)cc3c2cc2c1[nH]c1ccc(Br)cc12. The van der Waals surface area contributed by atoms with Crippen LogP contribution >= 0.6 is 31.9 Å². The van der Waals surface area contributed by atoms with Gasteiger partial charge in [-0.3, -0.25) is 0 Å². The maximum atomic E-state index is 8.91. The van der Waals surface area contributed by atoms with Crippen LogP contribution in [-0.2, 0) is 0 Å². The number of hydrogen-bond donors (Lipinski definition) is 4. The maximum absolute atomic E-state index is 8.91. The van der Waals surface area contributed by atoms with Gasteiger partial charge in [-0.2, -0.15) is 0 Å². The van der Waals surface area contributed by atoms with E-state index in [1.54, 1.807) is 0 Å². The highest BCUT2D eigenvalue weighted by Crippen LogP contribution is 2.41. The Kier molecular flexibility index (Phi) is 5.45. The summed E-state index contributed by atoms with van der Waals surface area (Å²) < 4.78 is 8.45. The Hall–Kier alpha value is -2.06. The van der Waals surface area contributed by atoms with Gasteiger partial charge in [0.25, 0.3) is 0 Å². The van der Waals surface area contributed by atoms with Crippen LogP contribution in [-0.4, -0.2) is 41.4 Å². The Morgan fingerprint density at radius 2 is 1.40 bits per heavy atom. The highest BCUT2D eigenvalue weighted by Gasteiger charge is 2.17. The molecule has 7 heteroatoms. The van der Waals surface area contributed by atoms with Gasteiger partial charge < -0.3 is 25.1 Å². The molecule has 0 aliphatic rings. The van der Waals surface area contributed by atoms with Crippen LogP contribution in [0.2, 0.25) is 0 Å². The number of aromatic amines is 2. The summed E-state index contributed by atoms with van der Waals surface area (Å²) >= 11 is 7.21. The lowest BCUT2D eigenvalue weighted by Crippen LogP contribution is -2.20. The number of aliphatic hydroxyl groups excluding tert-OH is 1. The lowest BCUT2D eigenvalue weighted by molar-refractivity contribution is 0.283. The quantitative estimate of drug-likeness (QED) is 0.200. The van der Waals surface area contributed by atoms with Crippen molar-refractivity contribution in [2.45, 2.75) is 6.42 Å². The normalized spacial score (nSPS) is 12.0. The predicted octanol–water partition coefficient (Wildman–Crippen LogP) is 5.83. The Bertz CT molecular complexity index is 1280. The van der Waals surface area contributed by atoms with Gasteiger partial charge in [0.1, 0.15) is 0 Å². The first-order valence-electron chi connectivity index (χ1n) is 9.95. The number of aliphatic hydroxyl groups is 1. The van der Waals surface area contributed by atoms with E-state index in [1.807, 2.05) is 12.1 Å². The smallest absolute Gasteiger partial charge is 0.167 e. The second-order valence-corrected chi connectivity index (χ2v) is 9.19. The third-order valence-corrected chi connectivity index (χ3v) is 6.36. The fourth-order valence-electron chi connectivity index (χ4n) is 4.02. The van der Waals surface area contributed by atoms with Crippen molar-refractivity contribution in [3.63, 3.8) is 0 Å². The molecule has 0 saturated heterocycles. The third-order valence-electron chi connectivity index (χ3n) is 5.38. The average Bonchev–Trinajstić information content (AvgIpc) is 3.28. The number of halogens is 2. The number of hydrogen-bond acceptors (Lipinski definition) is 3. The second-order valence-electron chi connectivity index (χ2n) is 7.36. The van der Waals surface area contributed by atoms with Gasteiger partial charge in [0.05, 0.1) is 24.2 Å². The summed E-state index contributed by atoms with van der Waals surface area (Å²) in [7, 11) is 0. The first kappa shape index (κ1) is 19.9. The molecule has 154 valence electrons. The molecule has 0 radical (unpaired) electrons. The Morgan fingerprint density at radius 3 is 1.97 bits per heavy atom. The van der Waals surface area contributed by atoms with Crippen molar-refractivity contribution in [1.82, 2.24) is 15.3 Å². The summed E-state index contributed by atoms with van der Waals surface area (Å²) in [6.45, 7) is 2.15. The predicted molar refractivity (Wildman–Crippen MR) is 131 cm³/mol. The summed E-state index contributed by atoms with van der Waals surface area (Å²) in [5.41, 5.74) is 4.18. The topological polar surface area (TPSA) is 73.1 Å². The third kappa shape index (κ3) is 3.50. The van der Waals surface area contributed by atoms with Gasteiger partial charge >= 0.3 is 0 Å². The van der Waals surface area contributed by atoms with Gasteiger partial charge in [-0.15, -0.1) is 0 Å². The number of benzene rings is 3. The summed E-state index contributed by atoms with van der Waals surface area (Å²) in [5.74, 6) is 0.851. The number of aromatic nitrogens is 2. The molecule has 30 heavy (non-hydrogen) atoms. The molecule has 0 spiro atoms. The van der Waals surface area contributed by atoms with E-state index in [0.717, 1.165) is 60.5 Å². The number of nitrogens with one attached hydrogen (secondary N) is 3. The molecule has 0 saturated carbocycles. The molecule has 5 aromatic rings. The monoisotopic (exact) mass is 529 g/mol. The number of rotatable bonds is 7. The molecule has 5 rings (SSSR count). The van der Waals surface area contributed by atoms with Crippen LogP contribution in [0.25, 0.3) is 43.6 Å². The zero-order valence-electron chi connectivity index (χ0n) is 16.2. The zero-order valence-corrected chi connectivity index (χ0v) is 19.4. The largest absolute Gasteiger partial charge is 0.489 e. The van der Waals surface area contributed by atoms with Gasteiger partial charge in [0, 0.05) is 48.1 Å². The van der Waals surface area contributed by atoms with Gasteiger partial charge in [-0.25, -0.2) is 0 Å². The molecule has 2 heterocycles. The van der Waals surface area contributed by atoms with Crippen molar-refractivity contribution in [2.75, 3.05) is 26.3 Å². The summed E-state index contributed by atoms with van der Waals surface area (Å²) in [4.78, 5) is 7.12. The van der Waals surface area contributed by atoms with Crippen LogP contribution in [0.1, 0.15) is 6.42 Å². The summed E-state index contributed by atoms with van der Waals surface area (Å²) in [5, 5.41) is 16.7. The van der Waals surface area contributed by atoms with Crippen molar-refractivity contribution in [3.05, 3.63) is 51.4 Å². The van der Waals surface area contributed by atoms with Gasteiger partial charge in [0.2, 0.25) is 0 Å². The van der Waals surface area contributed by atoms with Gasteiger partial charge in [-0.05, 0) is 55.4 Å². The van der Waals surface area contributed by atoms with E-state index in [0.29, 0.717) is 13.2 Å². The molecule has 0 atom stereocenters. The molecule has 2 aromatic heterocycles. The number of ether oxygens (including phenoxy) is 1. The van der Waals surface area contributed by atoms with E-state index in [9.17, 15) is 0 Å². The minimum absolute atomic E-state index is 0.149. The van der Waals surface area contributed by atoms with Crippen LogP contribution in [0.3, 0.4) is 0 Å². The van der Waals surface area contributed by atoms with Crippen molar-refractivity contribution in [3.8, 4) is 5.75 Å². The molecule has 3 aromatic carbocycles. The average molecular weight is 531 g/mol. The first-order chi connectivity index (χ1) is 14.7.